The molecule has 24 heavy (non-hydrogen) atoms. The Labute approximate surface area is 145 Å². The molecule has 3 saturated carbocycles. The molecule has 3 aliphatic rings. The number of rotatable bonds is 6. The van der Waals surface area contributed by atoms with E-state index in [2.05, 4.69) is 21.8 Å². The van der Waals surface area contributed by atoms with Gasteiger partial charge in [-0.15, -0.1) is 5.10 Å². The predicted molar refractivity (Wildman–Crippen MR) is 95.3 cm³/mol. The summed E-state index contributed by atoms with van der Waals surface area (Å²) in [6.45, 7) is 1.14. The Morgan fingerprint density at radius 2 is 1.75 bits per heavy atom. The van der Waals surface area contributed by atoms with Crippen LogP contribution < -0.4 is 11.1 Å². The lowest BCUT2D eigenvalue weighted by atomic mass is 9.82. The Bertz CT molecular complexity index is 524. The minimum Gasteiger partial charge on any atom is -0.308 e. The summed E-state index contributed by atoms with van der Waals surface area (Å²) in [5.41, 5.74) is 7.17. The second-order valence-corrected chi connectivity index (χ2v) is 8.48. The SMILES string of the molecule is NC1(n2cc([C@@H](NCC3CCCCC3)C3CCCCC3)nn2)CC1. The molecule has 3 fully saturated rings. The zero-order valence-electron chi connectivity index (χ0n) is 14.9. The average molecular weight is 332 g/mol. The number of nitrogens with one attached hydrogen (secondary N) is 1. The monoisotopic (exact) mass is 331 g/mol. The highest BCUT2D eigenvalue weighted by atomic mass is 15.5. The molecule has 1 atom stereocenters. The van der Waals surface area contributed by atoms with Crippen LogP contribution in [0.4, 0.5) is 0 Å². The highest BCUT2D eigenvalue weighted by Crippen LogP contribution is 2.38. The van der Waals surface area contributed by atoms with Gasteiger partial charge in [0.05, 0.1) is 17.9 Å². The van der Waals surface area contributed by atoms with Crippen molar-refractivity contribution in [2.75, 3.05) is 6.54 Å². The van der Waals surface area contributed by atoms with Crippen LogP contribution in [-0.2, 0) is 5.66 Å². The zero-order chi connectivity index (χ0) is 16.4. The lowest BCUT2D eigenvalue weighted by molar-refractivity contribution is 0.244. The lowest BCUT2D eigenvalue weighted by Gasteiger charge is -2.32. The van der Waals surface area contributed by atoms with Gasteiger partial charge in [-0.1, -0.05) is 43.7 Å². The average Bonchev–Trinajstić information content (AvgIpc) is 3.19. The molecule has 134 valence electrons. The van der Waals surface area contributed by atoms with E-state index in [1.54, 1.807) is 0 Å². The summed E-state index contributed by atoms with van der Waals surface area (Å²) in [6, 6.07) is 0.364. The summed E-state index contributed by atoms with van der Waals surface area (Å²) in [4.78, 5) is 0. The molecule has 0 saturated heterocycles. The first-order chi connectivity index (χ1) is 11.7. The summed E-state index contributed by atoms with van der Waals surface area (Å²) in [5.74, 6) is 1.56. The van der Waals surface area contributed by atoms with Gasteiger partial charge in [0, 0.05) is 0 Å². The second kappa shape index (κ2) is 7.12. The van der Waals surface area contributed by atoms with Crippen molar-refractivity contribution >= 4 is 0 Å². The van der Waals surface area contributed by atoms with E-state index in [0.717, 1.165) is 31.0 Å². The zero-order valence-corrected chi connectivity index (χ0v) is 14.9. The number of hydrogen-bond acceptors (Lipinski definition) is 4. The maximum absolute atomic E-state index is 6.29. The Balaban J connectivity index is 1.45. The molecule has 0 aliphatic heterocycles. The molecular formula is C19H33N5. The number of hydrogen-bond donors (Lipinski definition) is 2. The predicted octanol–water partition coefficient (Wildman–Crippen LogP) is 3.47. The van der Waals surface area contributed by atoms with Crippen LogP contribution in [0.25, 0.3) is 0 Å². The van der Waals surface area contributed by atoms with Gasteiger partial charge in [-0.05, 0) is 56.9 Å². The third kappa shape index (κ3) is 3.67. The molecule has 5 nitrogen and oxygen atoms in total. The molecule has 0 amide bonds. The fourth-order valence-electron chi connectivity index (χ4n) is 4.66. The summed E-state index contributed by atoms with van der Waals surface area (Å²) in [5, 5.41) is 12.8. The van der Waals surface area contributed by atoms with E-state index < -0.39 is 0 Å². The molecule has 4 rings (SSSR count). The van der Waals surface area contributed by atoms with Crippen molar-refractivity contribution < 1.29 is 0 Å². The normalized spacial score (nSPS) is 26.4. The molecule has 0 radical (unpaired) electrons. The van der Waals surface area contributed by atoms with Gasteiger partial charge in [0.2, 0.25) is 0 Å². The molecule has 3 N–H and O–H groups in total. The van der Waals surface area contributed by atoms with Crippen molar-refractivity contribution in [2.24, 2.45) is 17.6 Å². The molecule has 1 aromatic heterocycles. The fourth-order valence-corrected chi connectivity index (χ4v) is 4.66. The van der Waals surface area contributed by atoms with Crippen LogP contribution in [0.2, 0.25) is 0 Å². The van der Waals surface area contributed by atoms with Gasteiger partial charge in [-0.2, -0.15) is 0 Å². The Kier molecular flexibility index (Phi) is 4.90. The van der Waals surface area contributed by atoms with E-state index >= 15 is 0 Å². The lowest BCUT2D eigenvalue weighted by Crippen LogP contribution is -2.34. The molecule has 1 aromatic rings. The first kappa shape index (κ1) is 16.5. The van der Waals surface area contributed by atoms with E-state index in [9.17, 15) is 0 Å². The van der Waals surface area contributed by atoms with Crippen molar-refractivity contribution in [3.05, 3.63) is 11.9 Å². The molecular weight excluding hydrogens is 298 g/mol. The van der Waals surface area contributed by atoms with Gasteiger partial charge >= 0.3 is 0 Å². The highest BCUT2D eigenvalue weighted by Gasteiger charge is 2.42. The smallest absolute Gasteiger partial charge is 0.112 e. The molecule has 0 bridgehead atoms. The summed E-state index contributed by atoms with van der Waals surface area (Å²) < 4.78 is 1.92. The van der Waals surface area contributed by atoms with E-state index in [1.165, 1.54) is 64.2 Å². The first-order valence-corrected chi connectivity index (χ1v) is 10.2. The van der Waals surface area contributed by atoms with Crippen LogP contribution in [0.1, 0.15) is 88.8 Å². The van der Waals surface area contributed by atoms with Gasteiger partial charge in [-0.25, -0.2) is 4.68 Å². The van der Waals surface area contributed by atoms with E-state index in [0.29, 0.717) is 12.0 Å². The van der Waals surface area contributed by atoms with Crippen LogP contribution in [0, 0.1) is 11.8 Å². The Morgan fingerprint density at radius 3 is 2.42 bits per heavy atom. The topological polar surface area (TPSA) is 68.8 Å². The second-order valence-electron chi connectivity index (χ2n) is 8.48. The third-order valence-electron chi connectivity index (χ3n) is 6.52. The van der Waals surface area contributed by atoms with Gasteiger partial charge < -0.3 is 11.1 Å². The minimum absolute atomic E-state index is 0.244. The molecule has 0 spiro atoms. The van der Waals surface area contributed by atoms with Crippen molar-refractivity contribution in [1.82, 2.24) is 20.3 Å². The van der Waals surface area contributed by atoms with Crippen molar-refractivity contribution in [1.29, 1.82) is 0 Å². The van der Waals surface area contributed by atoms with E-state index in [-0.39, 0.29) is 5.66 Å². The van der Waals surface area contributed by atoms with Crippen LogP contribution in [0.15, 0.2) is 6.20 Å². The van der Waals surface area contributed by atoms with Gasteiger partial charge in [0.25, 0.3) is 0 Å². The van der Waals surface area contributed by atoms with Gasteiger partial charge in [0.1, 0.15) is 5.66 Å². The molecule has 0 aromatic carbocycles. The van der Waals surface area contributed by atoms with Crippen molar-refractivity contribution in [2.45, 2.75) is 88.8 Å². The van der Waals surface area contributed by atoms with E-state index in [1.807, 2.05) is 4.68 Å². The summed E-state index contributed by atoms with van der Waals surface area (Å²) >= 11 is 0. The Morgan fingerprint density at radius 1 is 1.08 bits per heavy atom. The summed E-state index contributed by atoms with van der Waals surface area (Å²) in [7, 11) is 0. The Hall–Kier alpha value is -0.940. The largest absolute Gasteiger partial charge is 0.308 e. The molecule has 5 heteroatoms. The first-order valence-electron chi connectivity index (χ1n) is 10.2. The maximum Gasteiger partial charge on any atom is 0.112 e. The van der Waals surface area contributed by atoms with Gasteiger partial charge in [0.15, 0.2) is 0 Å². The molecule has 3 aliphatic carbocycles. The maximum atomic E-state index is 6.29. The quantitative estimate of drug-likeness (QED) is 0.837. The standard InChI is InChI=1S/C19H33N5/c20-19(11-12-19)24-14-17(22-23-24)18(16-9-5-2-6-10-16)21-13-15-7-3-1-4-8-15/h14-16,18,21H,1-13,20H2/t18-/m0/s1. The molecule has 0 unspecified atom stereocenters. The third-order valence-corrected chi connectivity index (χ3v) is 6.52. The fraction of sp³-hybridized carbons (Fsp3) is 0.895. The van der Waals surface area contributed by atoms with Crippen molar-refractivity contribution in [3.8, 4) is 0 Å². The van der Waals surface area contributed by atoms with E-state index in [4.69, 9.17) is 5.73 Å². The van der Waals surface area contributed by atoms with Crippen molar-refractivity contribution in [3.63, 3.8) is 0 Å². The minimum atomic E-state index is -0.244. The van der Waals surface area contributed by atoms with Crippen LogP contribution >= 0.6 is 0 Å². The van der Waals surface area contributed by atoms with Crippen LogP contribution in [0.3, 0.4) is 0 Å². The highest BCUT2D eigenvalue weighted by molar-refractivity contribution is 5.07. The number of aromatic nitrogens is 3. The summed E-state index contributed by atoms with van der Waals surface area (Å²) in [6.07, 6.45) is 18.0. The van der Waals surface area contributed by atoms with Crippen LogP contribution in [-0.4, -0.2) is 21.5 Å². The molecule has 1 heterocycles. The van der Waals surface area contributed by atoms with Crippen LogP contribution in [0.5, 0.6) is 0 Å². The van der Waals surface area contributed by atoms with Gasteiger partial charge in [-0.3, -0.25) is 0 Å². The number of nitrogens with zero attached hydrogens (tertiary/aromatic N) is 3. The number of nitrogens with two attached hydrogens (primary N) is 1.